The number of hydrogen-bond donors (Lipinski definition) is 0. The van der Waals surface area contributed by atoms with Gasteiger partial charge in [0.1, 0.15) is 17.9 Å². The van der Waals surface area contributed by atoms with Crippen molar-refractivity contribution in [2.45, 2.75) is 26.6 Å². The van der Waals surface area contributed by atoms with E-state index in [2.05, 4.69) is 0 Å². The van der Waals surface area contributed by atoms with Crippen LogP contribution in [-0.2, 0) is 20.9 Å². The summed E-state index contributed by atoms with van der Waals surface area (Å²) in [7, 11) is 2.78. The number of ether oxygens (including phenoxy) is 4. The van der Waals surface area contributed by atoms with Gasteiger partial charge in [0.05, 0.1) is 36.6 Å². The molecule has 0 aliphatic heterocycles. The summed E-state index contributed by atoms with van der Waals surface area (Å²) in [6.45, 7) is 3.96. The van der Waals surface area contributed by atoms with Crippen molar-refractivity contribution in [3.8, 4) is 11.5 Å². The Morgan fingerprint density at radius 3 is 2.32 bits per heavy atom. The summed E-state index contributed by atoms with van der Waals surface area (Å²) in [5, 5.41) is 0.720. The highest BCUT2D eigenvalue weighted by atomic mass is 35.5. The Morgan fingerprint density at radius 2 is 1.75 bits per heavy atom. The summed E-state index contributed by atoms with van der Waals surface area (Å²) >= 11 is 12.5. The van der Waals surface area contributed by atoms with Crippen LogP contribution < -0.4 is 9.47 Å². The standard InChI is InChI=1S/C21H22Cl2O5/c1-13(2)28-20-18(22)9-15(10-19(20)23)27-11-14-7-5-6-8-16(14)17(12-25-3)21(24)26-4/h5-10,12-13H,11H2,1-4H3. The van der Waals surface area contributed by atoms with E-state index in [1.807, 2.05) is 32.0 Å². The third kappa shape index (κ3) is 5.57. The van der Waals surface area contributed by atoms with E-state index < -0.39 is 5.97 Å². The first-order valence-electron chi connectivity index (χ1n) is 8.55. The molecule has 0 unspecified atom stereocenters. The highest BCUT2D eigenvalue weighted by Gasteiger charge is 2.17. The molecule has 0 heterocycles. The first-order chi connectivity index (χ1) is 13.4. The van der Waals surface area contributed by atoms with Crippen molar-refractivity contribution in [2.24, 2.45) is 0 Å². The molecule has 0 saturated heterocycles. The minimum Gasteiger partial charge on any atom is -0.503 e. The predicted octanol–water partition coefficient (Wildman–Crippen LogP) is 5.52. The zero-order chi connectivity index (χ0) is 20.7. The second-order valence-electron chi connectivity index (χ2n) is 6.09. The van der Waals surface area contributed by atoms with Gasteiger partial charge in [-0.05, 0) is 25.0 Å². The molecule has 0 spiro atoms. The van der Waals surface area contributed by atoms with Crippen molar-refractivity contribution in [1.82, 2.24) is 0 Å². The summed E-state index contributed by atoms with van der Waals surface area (Å²) in [4.78, 5) is 12.1. The minimum atomic E-state index is -0.504. The van der Waals surface area contributed by atoms with E-state index >= 15 is 0 Å². The lowest BCUT2D eigenvalue weighted by atomic mass is 10.0. The summed E-state index contributed by atoms with van der Waals surface area (Å²) in [5.74, 6) is 0.397. The van der Waals surface area contributed by atoms with Crippen molar-refractivity contribution in [1.29, 1.82) is 0 Å². The molecule has 0 atom stereocenters. The van der Waals surface area contributed by atoms with Crippen molar-refractivity contribution in [3.05, 3.63) is 63.8 Å². The second-order valence-corrected chi connectivity index (χ2v) is 6.90. The zero-order valence-corrected chi connectivity index (χ0v) is 17.6. The molecule has 5 nitrogen and oxygen atoms in total. The molecule has 0 aliphatic carbocycles. The fraction of sp³-hybridized carbons (Fsp3) is 0.286. The van der Waals surface area contributed by atoms with Gasteiger partial charge in [-0.2, -0.15) is 0 Å². The largest absolute Gasteiger partial charge is 0.503 e. The molecular weight excluding hydrogens is 403 g/mol. The van der Waals surface area contributed by atoms with Crippen LogP contribution in [0.5, 0.6) is 11.5 Å². The number of carbonyl (C=O) groups is 1. The van der Waals surface area contributed by atoms with Crippen LogP contribution in [0, 0.1) is 0 Å². The number of carbonyl (C=O) groups excluding carboxylic acids is 1. The van der Waals surface area contributed by atoms with Crippen LogP contribution in [0.3, 0.4) is 0 Å². The van der Waals surface area contributed by atoms with Crippen LogP contribution in [0.1, 0.15) is 25.0 Å². The highest BCUT2D eigenvalue weighted by Crippen LogP contribution is 2.38. The van der Waals surface area contributed by atoms with Crippen LogP contribution in [0.4, 0.5) is 0 Å². The lowest BCUT2D eigenvalue weighted by Gasteiger charge is -2.16. The normalized spacial score (nSPS) is 11.3. The number of halogens is 2. The Bertz CT molecular complexity index is 839. The zero-order valence-electron chi connectivity index (χ0n) is 16.1. The molecule has 2 aromatic carbocycles. The molecule has 0 bridgehead atoms. The van der Waals surface area contributed by atoms with E-state index in [0.29, 0.717) is 32.7 Å². The maximum atomic E-state index is 12.1. The van der Waals surface area contributed by atoms with E-state index in [1.165, 1.54) is 20.5 Å². The van der Waals surface area contributed by atoms with Crippen LogP contribution in [0.25, 0.3) is 5.57 Å². The van der Waals surface area contributed by atoms with Gasteiger partial charge < -0.3 is 18.9 Å². The van der Waals surface area contributed by atoms with E-state index in [0.717, 1.165) is 5.56 Å². The van der Waals surface area contributed by atoms with Gasteiger partial charge in [-0.3, -0.25) is 0 Å². The lowest BCUT2D eigenvalue weighted by molar-refractivity contribution is -0.133. The number of rotatable bonds is 8. The molecule has 2 rings (SSSR count). The van der Waals surface area contributed by atoms with Crippen molar-refractivity contribution >= 4 is 34.7 Å². The van der Waals surface area contributed by atoms with Crippen molar-refractivity contribution in [2.75, 3.05) is 14.2 Å². The van der Waals surface area contributed by atoms with Gasteiger partial charge in [-0.15, -0.1) is 0 Å². The molecule has 0 fully saturated rings. The third-order valence-corrected chi connectivity index (χ3v) is 4.23. The monoisotopic (exact) mass is 424 g/mol. The number of benzene rings is 2. The summed E-state index contributed by atoms with van der Waals surface area (Å²) in [6.07, 6.45) is 1.29. The van der Waals surface area contributed by atoms with E-state index in [9.17, 15) is 4.79 Å². The molecule has 0 aliphatic rings. The average Bonchev–Trinajstić information content (AvgIpc) is 2.67. The van der Waals surface area contributed by atoms with Gasteiger partial charge in [0.15, 0.2) is 5.75 Å². The number of methoxy groups -OCH3 is 2. The highest BCUT2D eigenvalue weighted by molar-refractivity contribution is 6.37. The first-order valence-corrected chi connectivity index (χ1v) is 9.31. The predicted molar refractivity (Wildman–Crippen MR) is 110 cm³/mol. The van der Waals surface area contributed by atoms with Crippen LogP contribution >= 0.6 is 23.2 Å². The van der Waals surface area contributed by atoms with Crippen LogP contribution in [-0.4, -0.2) is 26.3 Å². The Balaban J connectivity index is 2.26. The van der Waals surface area contributed by atoms with Gasteiger partial charge in [0.25, 0.3) is 0 Å². The summed E-state index contributed by atoms with van der Waals surface area (Å²) < 4.78 is 21.3. The Labute approximate surface area is 174 Å². The van der Waals surface area contributed by atoms with Crippen molar-refractivity contribution in [3.63, 3.8) is 0 Å². The minimum absolute atomic E-state index is 0.0574. The Kier molecular flexibility index (Phi) is 8.03. The fourth-order valence-corrected chi connectivity index (χ4v) is 3.04. The average molecular weight is 425 g/mol. The van der Waals surface area contributed by atoms with Gasteiger partial charge in [-0.1, -0.05) is 47.5 Å². The summed E-state index contributed by atoms with van der Waals surface area (Å²) in [5.41, 5.74) is 1.71. The topological polar surface area (TPSA) is 54.0 Å². The van der Waals surface area contributed by atoms with Crippen LogP contribution in [0.2, 0.25) is 10.0 Å². The maximum Gasteiger partial charge on any atom is 0.341 e. The fourth-order valence-electron chi connectivity index (χ4n) is 2.49. The van der Waals surface area contributed by atoms with E-state index in [-0.39, 0.29) is 12.7 Å². The van der Waals surface area contributed by atoms with E-state index in [1.54, 1.807) is 18.2 Å². The summed E-state index contributed by atoms with van der Waals surface area (Å²) in [6, 6.07) is 10.6. The molecule has 0 amide bonds. The maximum absolute atomic E-state index is 12.1. The number of hydrogen-bond acceptors (Lipinski definition) is 5. The first kappa shape index (κ1) is 21.9. The molecule has 0 radical (unpaired) electrons. The smallest absolute Gasteiger partial charge is 0.341 e. The second kappa shape index (κ2) is 10.2. The molecule has 2 aromatic rings. The number of esters is 1. The SMILES string of the molecule is COC=C(C(=O)OC)c1ccccc1COc1cc(Cl)c(OC(C)C)c(Cl)c1. The van der Waals surface area contributed by atoms with E-state index in [4.69, 9.17) is 42.1 Å². The third-order valence-electron chi connectivity index (χ3n) is 3.67. The lowest BCUT2D eigenvalue weighted by Crippen LogP contribution is -2.08. The molecule has 28 heavy (non-hydrogen) atoms. The van der Waals surface area contributed by atoms with Gasteiger partial charge >= 0.3 is 5.97 Å². The van der Waals surface area contributed by atoms with Crippen molar-refractivity contribution < 1.29 is 23.7 Å². The van der Waals surface area contributed by atoms with Gasteiger partial charge in [-0.25, -0.2) is 4.79 Å². The van der Waals surface area contributed by atoms with Gasteiger partial charge in [0.2, 0.25) is 0 Å². The molecular formula is C21H22Cl2O5. The molecule has 150 valence electrons. The molecule has 7 heteroatoms. The van der Waals surface area contributed by atoms with Gasteiger partial charge in [0, 0.05) is 12.1 Å². The Hall–Kier alpha value is -2.37. The molecule has 0 N–H and O–H groups in total. The Morgan fingerprint density at radius 1 is 1.11 bits per heavy atom. The molecule has 0 aromatic heterocycles. The quantitative estimate of drug-likeness (QED) is 0.317. The molecule has 0 saturated carbocycles. The van der Waals surface area contributed by atoms with Crippen LogP contribution in [0.15, 0.2) is 42.7 Å².